The molecule has 0 aliphatic rings. The molecule has 2 rings (SSSR count). The average molecular weight is 248 g/mol. The van der Waals surface area contributed by atoms with E-state index < -0.39 is 0 Å². The lowest BCUT2D eigenvalue weighted by atomic mass is 10.2. The molecule has 1 aromatic heterocycles. The topological polar surface area (TPSA) is 75.6 Å². The number of nitrogens with zero attached hydrogens (tertiary/aromatic N) is 3. The second-order valence-electron chi connectivity index (χ2n) is 3.02. The van der Waals surface area contributed by atoms with Gasteiger partial charge in [-0.25, -0.2) is 0 Å². The Kier molecular flexibility index (Phi) is 3.08. The molecule has 0 unspecified atom stereocenters. The fourth-order valence-corrected chi connectivity index (χ4v) is 2.99. The second-order valence-corrected chi connectivity index (χ2v) is 5.49. The van der Waals surface area contributed by atoms with E-state index in [1.54, 1.807) is 6.07 Å². The molecule has 2 aromatic rings. The molecule has 0 aliphatic carbocycles. The Bertz CT molecular complexity index is 556. The summed E-state index contributed by atoms with van der Waals surface area (Å²) in [6, 6.07) is 7.44. The van der Waals surface area contributed by atoms with Crippen LogP contribution in [0.3, 0.4) is 0 Å². The van der Waals surface area contributed by atoms with Crippen molar-refractivity contribution in [3.8, 4) is 6.07 Å². The van der Waals surface area contributed by atoms with Crippen LogP contribution < -0.4 is 5.73 Å². The van der Waals surface area contributed by atoms with Crippen molar-refractivity contribution in [2.24, 2.45) is 0 Å². The molecule has 1 aromatic carbocycles. The van der Waals surface area contributed by atoms with Gasteiger partial charge in [-0.3, -0.25) is 0 Å². The zero-order chi connectivity index (χ0) is 11.5. The van der Waals surface area contributed by atoms with Gasteiger partial charge in [0.25, 0.3) is 0 Å². The third-order valence-electron chi connectivity index (χ3n) is 1.89. The SMILES string of the molecule is Cc1nnc(Sc2cccc(C#N)c2N)s1. The maximum Gasteiger partial charge on any atom is 0.179 e. The maximum absolute atomic E-state index is 8.85. The van der Waals surface area contributed by atoms with Crippen LogP contribution in [0.15, 0.2) is 27.4 Å². The van der Waals surface area contributed by atoms with Gasteiger partial charge in [0.05, 0.1) is 11.3 Å². The number of aryl methyl sites for hydroxylation is 1. The molecule has 0 saturated heterocycles. The van der Waals surface area contributed by atoms with Crippen molar-refractivity contribution in [1.29, 1.82) is 5.26 Å². The Morgan fingerprint density at radius 3 is 2.88 bits per heavy atom. The molecule has 2 N–H and O–H groups in total. The number of benzene rings is 1. The van der Waals surface area contributed by atoms with Crippen molar-refractivity contribution < 1.29 is 0 Å². The van der Waals surface area contributed by atoms with Gasteiger partial charge in [0.2, 0.25) is 0 Å². The minimum atomic E-state index is 0.492. The van der Waals surface area contributed by atoms with Crippen LogP contribution in [0.2, 0.25) is 0 Å². The second kappa shape index (κ2) is 4.51. The van der Waals surface area contributed by atoms with E-state index in [0.717, 1.165) is 14.2 Å². The summed E-state index contributed by atoms with van der Waals surface area (Å²) in [5, 5.41) is 17.7. The quantitative estimate of drug-likeness (QED) is 0.826. The lowest BCUT2D eigenvalue weighted by Gasteiger charge is -2.03. The van der Waals surface area contributed by atoms with E-state index in [4.69, 9.17) is 11.0 Å². The molecule has 0 spiro atoms. The Balaban J connectivity index is 2.32. The lowest BCUT2D eigenvalue weighted by Crippen LogP contribution is -1.92. The summed E-state index contributed by atoms with van der Waals surface area (Å²) in [4.78, 5) is 0.843. The van der Waals surface area contributed by atoms with Gasteiger partial charge in [-0.1, -0.05) is 29.2 Å². The fraction of sp³-hybridized carbons (Fsp3) is 0.100. The minimum absolute atomic E-state index is 0.492. The number of rotatable bonds is 2. The van der Waals surface area contributed by atoms with Gasteiger partial charge < -0.3 is 5.73 Å². The highest BCUT2D eigenvalue weighted by atomic mass is 32.2. The van der Waals surface area contributed by atoms with E-state index in [0.29, 0.717) is 11.3 Å². The van der Waals surface area contributed by atoms with Gasteiger partial charge in [-0.15, -0.1) is 10.2 Å². The highest BCUT2D eigenvalue weighted by Crippen LogP contribution is 2.34. The third-order valence-corrected chi connectivity index (χ3v) is 3.86. The Morgan fingerprint density at radius 1 is 1.44 bits per heavy atom. The number of hydrogen-bond donors (Lipinski definition) is 1. The molecule has 6 heteroatoms. The summed E-state index contributed by atoms with van der Waals surface area (Å²) in [5.74, 6) is 0. The largest absolute Gasteiger partial charge is 0.397 e. The predicted molar refractivity (Wildman–Crippen MR) is 64.3 cm³/mol. The van der Waals surface area contributed by atoms with Crippen LogP contribution in [0, 0.1) is 18.3 Å². The molecule has 0 aliphatic heterocycles. The summed E-state index contributed by atoms with van der Waals surface area (Å²) in [5.41, 5.74) is 6.86. The molecule has 16 heavy (non-hydrogen) atoms. The molecule has 0 bridgehead atoms. The van der Waals surface area contributed by atoms with Crippen LogP contribution in [0.4, 0.5) is 5.69 Å². The molecule has 0 amide bonds. The van der Waals surface area contributed by atoms with Crippen LogP contribution in [0.25, 0.3) is 0 Å². The zero-order valence-electron chi connectivity index (χ0n) is 8.47. The molecular formula is C10H8N4S2. The van der Waals surface area contributed by atoms with Crippen molar-refractivity contribution in [2.75, 3.05) is 5.73 Å². The van der Waals surface area contributed by atoms with Crippen molar-refractivity contribution in [1.82, 2.24) is 10.2 Å². The molecule has 0 fully saturated rings. The smallest absolute Gasteiger partial charge is 0.179 e. The number of nitriles is 1. The van der Waals surface area contributed by atoms with Gasteiger partial charge in [-0.05, 0) is 19.1 Å². The minimum Gasteiger partial charge on any atom is -0.397 e. The summed E-state index contributed by atoms with van der Waals surface area (Å²) in [6.45, 7) is 1.90. The first kappa shape index (κ1) is 10.9. The molecule has 0 saturated carbocycles. The normalized spacial score (nSPS) is 10.0. The lowest BCUT2D eigenvalue weighted by molar-refractivity contribution is 0.984. The van der Waals surface area contributed by atoms with Crippen molar-refractivity contribution in [3.05, 3.63) is 28.8 Å². The maximum atomic E-state index is 8.85. The average Bonchev–Trinajstić information content (AvgIpc) is 2.67. The molecule has 0 radical (unpaired) electrons. The molecular weight excluding hydrogens is 240 g/mol. The first-order valence-corrected chi connectivity index (χ1v) is 6.10. The first-order chi connectivity index (χ1) is 7.70. The molecule has 4 nitrogen and oxygen atoms in total. The summed E-state index contributed by atoms with van der Waals surface area (Å²) in [7, 11) is 0. The van der Waals surface area contributed by atoms with E-state index in [2.05, 4.69) is 16.3 Å². The van der Waals surface area contributed by atoms with Crippen LogP contribution >= 0.6 is 23.1 Å². The summed E-state index contributed by atoms with van der Waals surface area (Å²) < 4.78 is 0.833. The van der Waals surface area contributed by atoms with E-state index in [1.165, 1.54) is 23.1 Å². The standard InChI is InChI=1S/C10H8N4S2/c1-6-13-14-10(15-6)16-8-4-2-3-7(5-11)9(8)12/h2-4H,12H2,1H3. The van der Waals surface area contributed by atoms with Gasteiger partial charge in [0.1, 0.15) is 11.1 Å². The highest BCUT2D eigenvalue weighted by molar-refractivity contribution is 8.01. The van der Waals surface area contributed by atoms with Crippen molar-refractivity contribution >= 4 is 28.8 Å². The van der Waals surface area contributed by atoms with Gasteiger partial charge >= 0.3 is 0 Å². The van der Waals surface area contributed by atoms with Crippen LogP contribution in [0.5, 0.6) is 0 Å². The number of nitrogen functional groups attached to an aromatic ring is 1. The summed E-state index contributed by atoms with van der Waals surface area (Å²) >= 11 is 2.94. The highest BCUT2D eigenvalue weighted by Gasteiger charge is 2.08. The third kappa shape index (κ3) is 2.15. The van der Waals surface area contributed by atoms with Crippen LogP contribution in [0.1, 0.15) is 10.6 Å². The molecule has 1 heterocycles. The van der Waals surface area contributed by atoms with Crippen LogP contribution in [-0.2, 0) is 0 Å². The van der Waals surface area contributed by atoms with E-state index in [1.807, 2.05) is 19.1 Å². The Hall–Kier alpha value is -1.58. The van der Waals surface area contributed by atoms with Gasteiger partial charge in [0, 0.05) is 4.90 Å². The molecule has 0 atom stereocenters. The van der Waals surface area contributed by atoms with Gasteiger partial charge in [-0.2, -0.15) is 5.26 Å². The fourth-order valence-electron chi connectivity index (χ4n) is 1.14. The Morgan fingerprint density at radius 2 is 2.25 bits per heavy atom. The predicted octanol–water partition coefficient (Wildman–Crippen LogP) is 2.45. The summed E-state index contributed by atoms with van der Waals surface area (Å²) in [6.07, 6.45) is 0. The number of para-hydroxylation sites is 1. The van der Waals surface area contributed by atoms with Crippen molar-refractivity contribution in [2.45, 2.75) is 16.2 Å². The number of hydrogen-bond acceptors (Lipinski definition) is 6. The zero-order valence-corrected chi connectivity index (χ0v) is 10.1. The number of anilines is 1. The Labute approximate surface area is 101 Å². The monoisotopic (exact) mass is 248 g/mol. The number of nitrogens with two attached hydrogens (primary N) is 1. The number of aromatic nitrogens is 2. The van der Waals surface area contributed by atoms with E-state index in [9.17, 15) is 0 Å². The van der Waals surface area contributed by atoms with Crippen molar-refractivity contribution in [3.63, 3.8) is 0 Å². The van der Waals surface area contributed by atoms with E-state index in [-0.39, 0.29) is 0 Å². The van der Waals surface area contributed by atoms with E-state index >= 15 is 0 Å². The van der Waals surface area contributed by atoms with Crippen LogP contribution in [-0.4, -0.2) is 10.2 Å². The van der Waals surface area contributed by atoms with Gasteiger partial charge in [0.15, 0.2) is 4.34 Å². The first-order valence-electron chi connectivity index (χ1n) is 4.47. The molecule has 80 valence electrons.